The lowest BCUT2D eigenvalue weighted by Gasteiger charge is -2.45. The van der Waals surface area contributed by atoms with Crippen molar-refractivity contribution in [3.8, 4) is 0 Å². The smallest absolute Gasteiger partial charge is 0.187 e. The van der Waals surface area contributed by atoms with Crippen molar-refractivity contribution < 1.29 is 55.1 Å². The fourth-order valence-electron chi connectivity index (χ4n) is 2.57. The van der Waals surface area contributed by atoms with Crippen LogP contribution in [0.3, 0.4) is 0 Å². The first kappa shape index (κ1) is 18.9. The van der Waals surface area contributed by atoms with Gasteiger partial charge in [0.1, 0.15) is 48.8 Å². The van der Waals surface area contributed by atoms with E-state index in [0.717, 1.165) is 0 Å². The molecule has 2 aliphatic heterocycles. The molecular formula is C12H22O11. The molecule has 0 bridgehead atoms. The lowest BCUT2D eigenvalue weighted by molar-refractivity contribution is -0.355. The topological polar surface area (TPSA) is 190 Å². The van der Waals surface area contributed by atoms with Gasteiger partial charge in [0, 0.05) is 0 Å². The van der Waals surface area contributed by atoms with Crippen LogP contribution in [0.5, 0.6) is 0 Å². The number of ether oxygens (including phenoxy) is 3. The first-order valence-electron chi connectivity index (χ1n) is 7.08. The van der Waals surface area contributed by atoms with E-state index in [1.54, 1.807) is 0 Å². The van der Waals surface area contributed by atoms with Crippen molar-refractivity contribution in [2.45, 2.75) is 61.4 Å². The molecule has 11 heteroatoms. The number of aliphatic hydroxyl groups is 8. The van der Waals surface area contributed by atoms with E-state index in [2.05, 4.69) is 0 Å². The fraction of sp³-hybridized carbons (Fsp3) is 1.00. The van der Waals surface area contributed by atoms with Gasteiger partial charge in [0.05, 0.1) is 13.2 Å². The second-order valence-corrected chi connectivity index (χ2v) is 5.53. The van der Waals surface area contributed by atoms with Crippen molar-refractivity contribution >= 4 is 0 Å². The van der Waals surface area contributed by atoms with E-state index in [-0.39, 0.29) is 0 Å². The highest BCUT2D eigenvalue weighted by Crippen LogP contribution is 2.28. The molecule has 0 aromatic heterocycles. The van der Waals surface area contributed by atoms with E-state index < -0.39 is 74.6 Å². The van der Waals surface area contributed by atoms with Crippen LogP contribution in [0, 0.1) is 0 Å². The van der Waals surface area contributed by atoms with Crippen molar-refractivity contribution in [3.63, 3.8) is 0 Å². The predicted molar refractivity (Wildman–Crippen MR) is 68.6 cm³/mol. The zero-order valence-electron chi connectivity index (χ0n) is 12.0. The van der Waals surface area contributed by atoms with Gasteiger partial charge in [0.15, 0.2) is 12.6 Å². The molecule has 2 heterocycles. The molecule has 11 nitrogen and oxygen atoms in total. The zero-order valence-corrected chi connectivity index (χ0v) is 12.0. The third-order valence-electron chi connectivity index (χ3n) is 3.98. The Labute approximate surface area is 130 Å². The molecule has 2 aliphatic rings. The minimum Gasteiger partial charge on any atom is -0.394 e. The van der Waals surface area contributed by atoms with Gasteiger partial charge < -0.3 is 55.1 Å². The van der Waals surface area contributed by atoms with Crippen LogP contribution in [-0.4, -0.2) is 115 Å². The van der Waals surface area contributed by atoms with E-state index >= 15 is 0 Å². The SMILES string of the molecule is OCC1O[C@H](O)[C@H](O)[C@@H](O)[C@@H]1O[C@H]1O[C@H](CO)[C@@H](O)[C@H](O)[C@H]1O. The monoisotopic (exact) mass is 342 g/mol. The molecule has 0 aliphatic carbocycles. The van der Waals surface area contributed by atoms with Crippen LogP contribution in [0.2, 0.25) is 0 Å². The summed E-state index contributed by atoms with van der Waals surface area (Å²) in [5, 5.41) is 76.5. The molecule has 0 saturated carbocycles. The Hall–Kier alpha value is -0.440. The molecule has 23 heavy (non-hydrogen) atoms. The first-order valence-corrected chi connectivity index (χ1v) is 7.08. The number of aliphatic hydroxyl groups excluding tert-OH is 8. The summed E-state index contributed by atoms with van der Waals surface area (Å²) >= 11 is 0. The Morgan fingerprint density at radius 1 is 0.652 bits per heavy atom. The second-order valence-electron chi connectivity index (χ2n) is 5.53. The Morgan fingerprint density at radius 3 is 1.83 bits per heavy atom. The van der Waals surface area contributed by atoms with Gasteiger partial charge in [0.25, 0.3) is 0 Å². The average Bonchev–Trinajstić information content (AvgIpc) is 2.55. The molecule has 2 saturated heterocycles. The molecule has 2 rings (SSSR count). The van der Waals surface area contributed by atoms with Crippen molar-refractivity contribution in [2.24, 2.45) is 0 Å². The van der Waals surface area contributed by atoms with Crippen LogP contribution in [0.1, 0.15) is 0 Å². The molecule has 0 amide bonds. The summed E-state index contributed by atoms with van der Waals surface area (Å²) in [7, 11) is 0. The maximum atomic E-state index is 9.94. The summed E-state index contributed by atoms with van der Waals surface area (Å²) in [5.74, 6) is 0. The molecule has 1 unspecified atom stereocenters. The van der Waals surface area contributed by atoms with Crippen LogP contribution >= 0.6 is 0 Å². The fourth-order valence-corrected chi connectivity index (χ4v) is 2.57. The standard InChI is InChI=1S/C12H22O11/c13-1-3-5(15)6(16)9(19)12(22-3)23-10-4(2-14)21-11(20)8(18)7(10)17/h3-20H,1-2H2/t3-,4?,5-,6+,7-,8-,9-,10-,11+,12-/m1/s1. The normalized spacial score (nSPS) is 51.7. The summed E-state index contributed by atoms with van der Waals surface area (Å²) in [6.07, 6.45) is -15.6. The van der Waals surface area contributed by atoms with Crippen molar-refractivity contribution in [3.05, 3.63) is 0 Å². The predicted octanol–water partition coefficient (Wildman–Crippen LogP) is -5.40. The van der Waals surface area contributed by atoms with Gasteiger partial charge in [-0.3, -0.25) is 0 Å². The maximum absolute atomic E-state index is 9.94. The van der Waals surface area contributed by atoms with Crippen molar-refractivity contribution in [2.75, 3.05) is 13.2 Å². The van der Waals surface area contributed by atoms with E-state index in [9.17, 15) is 35.7 Å². The lowest BCUT2D eigenvalue weighted by atomic mass is 9.97. The Balaban J connectivity index is 2.11. The molecule has 10 atom stereocenters. The highest BCUT2D eigenvalue weighted by Gasteiger charge is 2.50. The van der Waals surface area contributed by atoms with Crippen LogP contribution < -0.4 is 0 Å². The molecule has 8 N–H and O–H groups in total. The summed E-state index contributed by atoms with van der Waals surface area (Å²) in [6, 6.07) is 0. The second kappa shape index (κ2) is 7.63. The lowest BCUT2D eigenvalue weighted by Crippen LogP contribution is -2.64. The van der Waals surface area contributed by atoms with Crippen molar-refractivity contribution in [1.82, 2.24) is 0 Å². The number of hydrogen-bond acceptors (Lipinski definition) is 11. The van der Waals surface area contributed by atoms with Gasteiger partial charge in [-0.2, -0.15) is 0 Å². The third kappa shape index (κ3) is 3.65. The van der Waals surface area contributed by atoms with E-state index in [1.165, 1.54) is 0 Å². The molecule has 0 aromatic rings. The van der Waals surface area contributed by atoms with E-state index in [1.807, 2.05) is 0 Å². The maximum Gasteiger partial charge on any atom is 0.187 e. The van der Waals surface area contributed by atoms with Crippen LogP contribution in [0.25, 0.3) is 0 Å². The number of rotatable bonds is 4. The summed E-state index contributed by atoms with van der Waals surface area (Å²) in [4.78, 5) is 0. The Morgan fingerprint density at radius 2 is 1.26 bits per heavy atom. The van der Waals surface area contributed by atoms with Gasteiger partial charge in [-0.05, 0) is 0 Å². The Kier molecular flexibility index (Phi) is 6.27. The van der Waals surface area contributed by atoms with Gasteiger partial charge in [0.2, 0.25) is 0 Å². The van der Waals surface area contributed by atoms with Crippen LogP contribution in [0.15, 0.2) is 0 Å². The molecule has 2 fully saturated rings. The molecule has 0 spiro atoms. The van der Waals surface area contributed by atoms with Crippen molar-refractivity contribution in [1.29, 1.82) is 0 Å². The zero-order chi connectivity index (χ0) is 17.3. The van der Waals surface area contributed by atoms with Crippen LogP contribution in [-0.2, 0) is 14.2 Å². The summed E-state index contributed by atoms with van der Waals surface area (Å²) < 4.78 is 15.3. The largest absolute Gasteiger partial charge is 0.394 e. The third-order valence-corrected chi connectivity index (χ3v) is 3.98. The van der Waals surface area contributed by atoms with Gasteiger partial charge in [-0.25, -0.2) is 0 Å². The molecule has 0 radical (unpaired) electrons. The summed E-state index contributed by atoms with van der Waals surface area (Å²) in [5.41, 5.74) is 0. The quantitative estimate of drug-likeness (QED) is 0.243. The Bertz CT molecular complexity index is 378. The van der Waals surface area contributed by atoms with E-state index in [0.29, 0.717) is 0 Å². The average molecular weight is 342 g/mol. The first-order chi connectivity index (χ1) is 10.8. The number of hydrogen-bond donors (Lipinski definition) is 8. The van der Waals surface area contributed by atoms with E-state index in [4.69, 9.17) is 19.3 Å². The summed E-state index contributed by atoms with van der Waals surface area (Å²) in [6.45, 7) is -1.35. The minimum atomic E-state index is -1.74. The van der Waals surface area contributed by atoms with Gasteiger partial charge >= 0.3 is 0 Å². The van der Waals surface area contributed by atoms with Crippen LogP contribution in [0.4, 0.5) is 0 Å². The van der Waals surface area contributed by atoms with Gasteiger partial charge in [-0.1, -0.05) is 0 Å². The molecule has 136 valence electrons. The molecular weight excluding hydrogens is 320 g/mol. The highest BCUT2D eigenvalue weighted by atomic mass is 16.7. The highest BCUT2D eigenvalue weighted by molar-refractivity contribution is 4.93. The van der Waals surface area contributed by atoms with Gasteiger partial charge in [-0.15, -0.1) is 0 Å². The minimum absolute atomic E-state index is 0.667. The molecule has 0 aromatic carbocycles.